The number of nitrogens with one attached hydrogen (secondary N) is 1. The molecule has 1 aromatic carbocycles. The standard InChI is InChI=1S/C17H22N4O2/c1-17(2)10-13(12-6-4-5-7-14(12)23-17)19-16(22)9-8-15-20-18-11-21(15)3/h4-7,11,13H,8-10H2,1-3H3,(H,19,22)/t13-/m1/s1. The number of benzene rings is 1. The predicted octanol–water partition coefficient (Wildman–Crippen LogP) is 2.17. The van der Waals surface area contributed by atoms with Crippen molar-refractivity contribution < 1.29 is 9.53 Å². The van der Waals surface area contributed by atoms with Crippen molar-refractivity contribution in [2.24, 2.45) is 7.05 Å². The highest BCUT2D eigenvalue weighted by atomic mass is 16.5. The molecule has 6 nitrogen and oxygen atoms in total. The molecular formula is C17H22N4O2. The summed E-state index contributed by atoms with van der Waals surface area (Å²) in [6.45, 7) is 4.09. The van der Waals surface area contributed by atoms with Crippen molar-refractivity contribution in [3.05, 3.63) is 42.0 Å². The first-order valence-corrected chi connectivity index (χ1v) is 7.85. The lowest BCUT2D eigenvalue weighted by molar-refractivity contribution is -0.122. The van der Waals surface area contributed by atoms with E-state index >= 15 is 0 Å². The Hall–Kier alpha value is -2.37. The van der Waals surface area contributed by atoms with E-state index in [1.807, 2.05) is 49.7 Å². The van der Waals surface area contributed by atoms with Gasteiger partial charge in [-0.3, -0.25) is 4.79 Å². The maximum atomic E-state index is 12.3. The maximum absolute atomic E-state index is 12.3. The van der Waals surface area contributed by atoms with Crippen LogP contribution < -0.4 is 10.1 Å². The summed E-state index contributed by atoms with van der Waals surface area (Å²) in [7, 11) is 1.88. The third kappa shape index (κ3) is 3.52. The Labute approximate surface area is 135 Å². The number of fused-ring (bicyclic) bond motifs is 1. The molecular weight excluding hydrogens is 292 g/mol. The fourth-order valence-corrected chi connectivity index (χ4v) is 2.96. The topological polar surface area (TPSA) is 69.0 Å². The van der Waals surface area contributed by atoms with Gasteiger partial charge < -0.3 is 14.6 Å². The molecule has 23 heavy (non-hydrogen) atoms. The lowest BCUT2D eigenvalue weighted by Crippen LogP contribution is -2.41. The number of hydrogen-bond acceptors (Lipinski definition) is 4. The van der Waals surface area contributed by atoms with Crippen LogP contribution in [0, 0.1) is 0 Å². The molecule has 0 fully saturated rings. The molecule has 1 aromatic heterocycles. The largest absolute Gasteiger partial charge is 0.487 e. The summed E-state index contributed by atoms with van der Waals surface area (Å²) in [5.41, 5.74) is 0.745. The van der Waals surface area contributed by atoms with Crippen molar-refractivity contribution >= 4 is 5.91 Å². The highest BCUT2D eigenvalue weighted by Gasteiger charge is 2.34. The van der Waals surface area contributed by atoms with Gasteiger partial charge in [-0.05, 0) is 19.9 Å². The van der Waals surface area contributed by atoms with E-state index in [1.54, 1.807) is 6.33 Å². The van der Waals surface area contributed by atoms with Crippen LogP contribution >= 0.6 is 0 Å². The van der Waals surface area contributed by atoms with E-state index in [0.29, 0.717) is 12.8 Å². The highest BCUT2D eigenvalue weighted by Crippen LogP contribution is 2.39. The lowest BCUT2D eigenvalue weighted by atomic mass is 9.89. The molecule has 1 atom stereocenters. The first-order chi connectivity index (χ1) is 10.9. The molecule has 0 unspecified atom stereocenters. The van der Waals surface area contributed by atoms with Crippen molar-refractivity contribution in [3.63, 3.8) is 0 Å². The number of aryl methyl sites for hydroxylation is 2. The summed E-state index contributed by atoms with van der Waals surface area (Å²) in [5.74, 6) is 1.68. The molecule has 0 spiro atoms. The number of ether oxygens (including phenoxy) is 1. The van der Waals surface area contributed by atoms with Gasteiger partial charge in [-0.1, -0.05) is 18.2 Å². The van der Waals surface area contributed by atoms with E-state index < -0.39 is 0 Å². The molecule has 3 rings (SSSR count). The quantitative estimate of drug-likeness (QED) is 0.939. The second kappa shape index (κ2) is 6.02. The molecule has 0 saturated heterocycles. The molecule has 1 amide bonds. The highest BCUT2D eigenvalue weighted by molar-refractivity contribution is 5.76. The van der Waals surface area contributed by atoms with Gasteiger partial charge in [0.1, 0.15) is 23.5 Å². The van der Waals surface area contributed by atoms with Crippen LogP contribution in [0.1, 0.15) is 44.1 Å². The fraction of sp³-hybridized carbons (Fsp3) is 0.471. The number of aromatic nitrogens is 3. The molecule has 2 heterocycles. The zero-order valence-corrected chi connectivity index (χ0v) is 13.7. The number of carbonyl (C=O) groups excluding carboxylic acids is 1. The molecule has 1 aliphatic rings. The van der Waals surface area contributed by atoms with Gasteiger partial charge in [0, 0.05) is 31.9 Å². The van der Waals surface area contributed by atoms with Crippen LogP contribution in [0.3, 0.4) is 0 Å². The van der Waals surface area contributed by atoms with E-state index in [-0.39, 0.29) is 17.6 Å². The first kappa shape index (κ1) is 15.5. The number of carbonyl (C=O) groups is 1. The van der Waals surface area contributed by atoms with E-state index in [0.717, 1.165) is 23.6 Å². The fourth-order valence-electron chi connectivity index (χ4n) is 2.96. The molecule has 0 radical (unpaired) electrons. The normalized spacial score (nSPS) is 18.8. The number of hydrogen-bond donors (Lipinski definition) is 1. The Morgan fingerprint density at radius 1 is 1.43 bits per heavy atom. The maximum Gasteiger partial charge on any atom is 0.220 e. The van der Waals surface area contributed by atoms with Crippen molar-refractivity contribution in [1.29, 1.82) is 0 Å². The van der Waals surface area contributed by atoms with Crippen LogP contribution in [0.4, 0.5) is 0 Å². The molecule has 6 heteroatoms. The number of nitrogens with zero attached hydrogens (tertiary/aromatic N) is 3. The molecule has 0 aliphatic carbocycles. The molecule has 1 aliphatic heterocycles. The van der Waals surface area contributed by atoms with Crippen LogP contribution in [0.2, 0.25) is 0 Å². The van der Waals surface area contributed by atoms with Gasteiger partial charge >= 0.3 is 0 Å². The minimum atomic E-state index is -0.296. The molecule has 2 aromatic rings. The third-order valence-electron chi connectivity index (χ3n) is 4.09. The third-order valence-corrected chi connectivity index (χ3v) is 4.09. The average molecular weight is 314 g/mol. The zero-order valence-electron chi connectivity index (χ0n) is 13.7. The second-order valence-electron chi connectivity index (χ2n) is 6.58. The van der Waals surface area contributed by atoms with Gasteiger partial charge in [0.2, 0.25) is 5.91 Å². The van der Waals surface area contributed by atoms with Gasteiger partial charge in [-0.2, -0.15) is 0 Å². The number of para-hydroxylation sites is 1. The minimum absolute atomic E-state index is 0.0190. The van der Waals surface area contributed by atoms with Gasteiger partial charge in [-0.15, -0.1) is 10.2 Å². The van der Waals surface area contributed by atoms with Crippen LogP contribution in [0.15, 0.2) is 30.6 Å². The van der Waals surface area contributed by atoms with Gasteiger partial charge in [0.25, 0.3) is 0 Å². The molecule has 122 valence electrons. The van der Waals surface area contributed by atoms with Crippen LogP contribution in [-0.2, 0) is 18.3 Å². The Balaban J connectivity index is 1.67. The summed E-state index contributed by atoms with van der Waals surface area (Å²) in [6, 6.07) is 7.86. The lowest BCUT2D eigenvalue weighted by Gasteiger charge is -2.37. The van der Waals surface area contributed by atoms with Crippen LogP contribution in [0.5, 0.6) is 5.75 Å². The van der Waals surface area contributed by atoms with Crippen molar-refractivity contribution in [1.82, 2.24) is 20.1 Å². The SMILES string of the molecule is Cn1cnnc1CCC(=O)N[C@@H]1CC(C)(C)Oc2ccccc21. The van der Waals surface area contributed by atoms with E-state index in [9.17, 15) is 4.79 Å². The number of amides is 1. The van der Waals surface area contributed by atoms with E-state index in [1.165, 1.54) is 0 Å². The summed E-state index contributed by atoms with van der Waals surface area (Å²) in [6.07, 6.45) is 3.37. The van der Waals surface area contributed by atoms with Gasteiger partial charge in [-0.25, -0.2) is 0 Å². The van der Waals surface area contributed by atoms with E-state index in [2.05, 4.69) is 15.5 Å². The smallest absolute Gasteiger partial charge is 0.220 e. The average Bonchev–Trinajstić information content (AvgIpc) is 2.89. The predicted molar refractivity (Wildman–Crippen MR) is 86.0 cm³/mol. The van der Waals surface area contributed by atoms with Crippen LogP contribution in [-0.4, -0.2) is 26.3 Å². The molecule has 1 N–H and O–H groups in total. The Morgan fingerprint density at radius 2 is 2.22 bits per heavy atom. The molecule has 0 saturated carbocycles. The second-order valence-corrected chi connectivity index (χ2v) is 6.58. The monoisotopic (exact) mass is 314 g/mol. The minimum Gasteiger partial charge on any atom is -0.487 e. The Morgan fingerprint density at radius 3 is 2.96 bits per heavy atom. The summed E-state index contributed by atoms with van der Waals surface area (Å²) < 4.78 is 7.83. The van der Waals surface area contributed by atoms with Crippen molar-refractivity contribution in [2.45, 2.75) is 44.8 Å². The van der Waals surface area contributed by atoms with Gasteiger partial charge in [0.15, 0.2) is 0 Å². The van der Waals surface area contributed by atoms with Crippen molar-refractivity contribution in [2.75, 3.05) is 0 Å². The summed E-state index contributed by atoms with van der Waals surface area (Å²) in [4.78, 5) is 12.3. The first-order valence-electron chi connectivity index (χ1n) is 7.85. The van der Waals surface area contributed by atoms with E-state index in [4.69, 9.17) is 4.74 Å². The van der Waals surface area contributed by atoms with Crippen molar-refractivity contribution in [3.8, 4) is 5.75 Å². The van der Waals surface area contributed by atoms with Crippen LogP contribution in [0.25, 0.3) is 0 Å². The summed E-state index contributed by atoms with van der Waals surface area (Å²) in [5, 5.41) is 11.0. The Kier molecular flexibility index (Phi) is 4.07. The number of rotatable bonds is 4. The molecule has 0 bridgehead atoms. The zero-order chi connectivity index (χ0) is 16.4. The van der Waals surface area contributed by atoms with Gasteiger partial charge in [0.05, 0.1) is 6.04 Å². The summed E-state index contributed by atoms with van der Waals surface area (Å²) >= 11 is 0. The Bertz CT molecular complexity index is 708.